The van der Waals surface area contributed by atoms with Crippen LogP contribution in [0.5, 0.6) is 0 Å². The lowest BCUT2D eigenvalue weighted by molar-refractivity contribution is -0.137. The van der Waals surface area contributed by atoms with Gasteiger partial charge in [-0.2, -0.15) is 13.2 Å². The van der Waals surface area contributed by atoms with Crippen LogP contribution < -0.4 is 10.9 Å². The van der Waals surface area contributed by atoms with Crippen LogP contribution in [0.2, 0.25) is 0 Å². The molecule has 0 bridgehead atoms. The summed E-state index contributed by atoms with van der Waals surface area (Å²) in [5.74, 6) is -2.20. The van der Waals surface area contributed by atoms with Gasteiger partial charge in [-0.3, -0.25) is 9.59 Å². The van der Waals surface area contributed by atoms with Crippen LogP contribution in [0, 0.1) is 0 Å². The van der Waals surface area contributed by atoms with Crippen molar-refractivity contribution in [3.63, 3.8) is 0 Å². The van der Waals surface area contributed by atoms with Gasteiger partial charge < -0.3 is 15.0 Å². The Labute approximate surface area is 133 Å². The number of hydrogen-bond donors (Lipinski definition) is 2. The predicted octanol–water partition coefficient (Wildman–Crippen LogP) is 2.20. The monoisotopic (exact) mass is 340 g/mol. The SMILES string of the molecule is O=C(Cn1cccc(C(=O)O)c1=O)Nc1cccc(C(F)(F)F)c1. The number of carboxylic acids is 1. The minimum absolute atomic E-state index is 0.0859. The number of rotatable bonds is 4. The summed E-state index contributed by atoms with van der Waals surface area (Å²) >= 11 is 0. The molecule has 0 radical (unpaired) electrons. The third kappa shape index (κ3) is 4.00. The molecule has 6 nitrogen and oxygen atoms in total. The fourth-order valence-corrected chi connectivity index (χ4v) is 1.95. The molecule has 1 heterocycles. The Morgan fingerprint density at radius 2 is 1.88 bits per heavy atom. The Hall–Kier alpha value is -3.10. The maximum Gasteiger partial charge on any atom is 0.416 e. The van der Waals surface area contributed by atoms with E-state index in [0.717, 1.165) is 28.8 Å². The van der Waals surface area contributed by atoms with Gasteiger partial charge in [0.2, 0.25) is 5.91 Å². The Balaban J connectivity index is 2.17. The zero-order valence-corrected chi connectivity index (χ0v) is 12.0. The lowest BCUT2D eigenvalue weighted by Gasteiger charge is -2.11. The van der Waals surface area contributed by atoms with Crippen LogP contribution >= 0.6 is 0 Å². The van der Waals surface area contributed by atoms with Crippen molar-refractivity contribution in [2.24, 2.45) is 0 Å². The molecule has 0 atom stereocenters. The van der Waals surface area contributed by atoms with Crippen LogP contribution in [0.3, 0.4) is 0 Å². The molecule has 1 amide bonds. The highest BCUT2D eigenvalue weighted by atomic mass is 19.4. The second-order valence-electron chi connectivity index (χ2n) is 4.79. The minimum Gasteiger partial charge on any atom is -0.477 e. The molecule has 2 rings (SSSR count). The molecule has 0 saturated heterocycles. The summed E-state index contributed by atoms with van der Waals surface area (Å²) in [6.45, 7) is -0.532. The third-order valence-electron chi connectivity index (χ3n) is 3.04. The highest BCUT2D eigenvalue weighted by Crippen LogP contribution is 2.30. The number of amides is 1. The average molecular weight is 340 g/mol. The number of halogens is 3. The summed E-state index contributed by atoms with van der Waals surface area (Å²) < 4.78 is 38.7. The number of aromatic carboxylic acids is 1. The lowest BCUT2D eigenvalue weighted by atomic mass is 10.2. The molecule has 1 aromatic heterocycles. The average Bonchev–Trinajstić information content (AvgIpc) is 2.48. The standard InChI is InChI=1S/C15H11F3N2O4/c16-15(17,18)9-3-1-4-10(7-9)19-12(21)8-20-6-2-5-11(13(20)22)14(23)24/h1-7H,8H2,(H,19,21)(H,23,24). The quantitative estimate of drug-likeness (QED) is 0.893. The lowest BCUT2D eigenvalue weighted by Crippen LogP contribution is -2.30. The van der Waals surface area contributed by atoms with Gasteiger partial charge in [-0.05, 0) is 30.3 Å². The molecule has 0 aliphatic heterocycles. The van der Waals surface area contributed by atoms with Crippen molar-refractivity contribution in [2.75, 3.05) is 5.32 Å². The molecule has 0 fully saturated rings. The largest absolute Gasteiger partial charge is 0.477 e. The van der Waals surface area contributed by atoms with Gasteiger partial charge in [-0.15, -0.1) is 0 Å². The molecule has 0 spiro atoms. The number of nitrogens with one attached hydrogen (secondary N) is 1. The Bertz CT molecular complexity index is 843. The van der Waals surface area contributed by atoms with E-state index < -0.39 is 41.3 Å². The van der Waals surface area contributed by atoms with Crippen molar-refractivity contribution in [1.29, 1.82) is 0 Å². The molecule has 1 aromatic carbocycles. The van der Waals surface area contributed by atoms with E-state index in [1.807, 2.05) is 0 Å². The van der Waals surface area contributed by atoms with E-state index in [2.05, 4.69) is 5.32 Å². The van der Waals surface area contributed by atoms with E-state index in [9.17, 15) is 27.6 Å². The molecule has 2 aromatic rings. The summed E-state index contributed by atoms with van der Waals surface area (Å²) in [5, 5.41) is 11.1. The number of carboxylic acid groups (broad SMARTS) is 1. The van der Waals surface area contributed by atoms with Crippen LogP contribution in [0.25, 0.3) is 0 Å². The molecule has 2 N–H and O–H groups in total. The van der Waals surface area contributed by atoms with Gasteiger partial charge in [-0.25, -0.2) is 4.79 Å². The molecule has 0 aliphatic carbocycles. The molecular weight excluding hydrogens is 329 g/mol. The van der Waals surface area contributed by atoms with Gasteiger partial charge in [0.25, 0.3) is 5.56 Å². The predicted molar refractivity (Wildman–Crippen MR) is 77.7 cm³/mol. The van der Waals surface area contributed by atoms with E-state index in [-0.39, 0.29) is 5.69 Å². The van der Waals surface area contributed by atoms with Gasteiger partial charge in [0, 0.05) is 11.9 Å². The molecule has 9 heteroatoms. The second-order valence-corrected chi connectivity index (χ2v) is 4.79. The maximum absolute atomic E-state index is 12.6. The summed E-state index contributed by atoms with van der Waals surface area (Å²) in [6, 6.07) is 6.39. The number of nitrogens with zero attached hydrogens (tertiary/aromatic N) is 1. The van der Waals surface area contributed by atoms with Crippen LogP contribution in [0.4, 0.5) is 18.9 Å². The summed E-state index contributed by atoms with van der Waals surface area (Å²) in [5.41, 5.74) is -2.41. The van der Waals surface area contributed by atoms with Crippen molar-refractivity contribution in [3.8, 4) is 0 Å². The number of alkyl halides is 3. The smallest absolute Gasteiger partial charge is 0.416 e. The van der Waals surface area contributed by atoms with E-state index >= 15 is 0 Å². The van der Waals surface area contributed by atoms with Crippen LogP contribution in [0.15, 0.2) is 47.4 Å². The van der Waals surface area contributed by atoms with Gasteiger partial charge in [0.05, 0.1) is 5.56 Å². The summed E-state index contributed by atoms with van der Waals surface area (Å²) in [7, 11) is 0. The number of carbonyl (C=O) groups is 2. The van der Waals surface area contributed by atoms with Gasteiger partial charge in [0.15, 0.2) is 0 Å². The first-order chi connectivity index (χ1) is 11.2. The molecule has 126 valence electrons. The number of anilines is 1. The number of hydrogen-bond acceptors (Lipinski definition) is 3. The number of aromatic nitrogens is 1. The van der Waals surface area contributed by atoms with Crippen molar-refractivity contribution < 1.29 is 27.9 Å². The van der Waals surface area contributed by atoms with E-state index in [1.165, 1.54) is 18.3 Å². The highest BCUT2D eigenvalue weighted by molar-refractivity contribution is 5.91. The van der Waals surface area contributed by atoms with E-state index in [4.69, 9.17) is 5.11 Å². The minimum atomic E-state index is -4.55. The number of benzene rings is 1. The Morgan fingerprint density at radius 1 is 1.17 bits per heavy atom. The maximum atomic E-state index is 12.6. The Morgan fingerprint density at radius 3 is 2.50 bits per heavy atom. The number of pyridine rings is 1. The van der Waals surface area contributed by atoms with Gasteiger partial charge in [-0.1, -0.05) is 6.07 Å². The summed E-state index contributed by atoms with van der Waals surface area (Å²) in [4.78, 5) is 34.6. The fourth-order valence-electron chi connectivity index (χ4n) is 1.95. The number of carbonyl (C=O) groups excluding carboxylic acids is 1. The highest BCUT2D eigenvalue weighted by Gasteiger charge is 2.30. The topological polar surface area (TPSA) is 88.4 Å². The molecular formula is C15H11F3N2O4. The van der Waals surface area contributed by atoms with Crippen LogP contribution in [-0.4, -0.2) is 21.6 Å². The van der Waals surface area contributed by atoms with Crippen LogP contribution in [-0.2, 0) is 17.5 Å². The first-order valence-corrected chi connectivity index (χ1v) is 6.58. The molecule has 0 saturated carbocycles. The second kappa shape index (κ2) is 6.57. The third-order valence-corrected chi connectivity index (χ3v) is 3.04. The van der Waals surface area contributed by atoms with E-state index in [0.29, 0.717) is 0 Å². The Kier molecular flexibility index (Phi) is 4.72. The van der Waals surface area contributed by atoms with Gasteiger partial charge in [0.1, 0.15) is 12.1 Å². The molecule has 0 unspecified atom stereocenters. The molecule has 24 heavy (non-hydrogen) atoms. The van der Waals surface area contributed by atoms with Gasteiger partial charge >= 0.3 is 12.1 Å². The van der Waals surface area contributed by atoms with Crippen molar-refractivity contribution in [1.82, 2.24) is 4.57 Å². The normalized spacial score (nSPS) is 11.1. The molecule has 0 aliphatic rings. The fraction of sp³-hybridized carbons (Fsp3) is 0.133. The van der Waals surface area contributed by atoms with Crippen molar-refractivity contribution in [3.05, 3.63) is 64.1 Å². The zero-order valence-electron chi connectivity index (χ0n) is 12.0. The zero-order chi connectivity index (χ0) is 17.9. The summed E-state index contributed by atoms with van der Waals surface area (Å²) in [6.07, 6.45) is -3.34. The van der Waals surface area contributed by atoms with E-state index in [1.54, 1.807) is 0 Å². The van der Waals surface area contributed by atoms with Crippen molar-refractivity contribution in [2.45, 2.75) is 12.7 Å². The first-order valence-electron chi connectivity index (χ1n) is 6.58. The van der Waals surface area contributed by atoms with Crippen LogP contribution in [0.1, 0.15) is 15.9 Å². The van der Waals surface area contributed by atoms with Crippen molar-refractivity contribution >= 4 is 17.6 Å². The first kappa shape index (κ1) is 17.3.